The summed E-state index contributed by atoms with van der Waals surface area (Å²) in [7, 11) is 0. The summed E-state index contributed by atoms with van der Waals surface area (Å²) in [6.07, 6.45) is 1.61. The summed E-state index contributed by atoms with van der Waals surface area (Å²) in [5.74, 6) is 0.547. The van der Waals surface area contributed by atoms with E-state index in [0.717, 1.165) is 22.0 Å². The van der Waals surface area contributed by atoms with E-state index in [1.165, 1.54) is 0 Å². The summed E-state index contributed by atoms with van der Waals surface area (Å²) < 4.78 is 5.81. The number of fused-ring (bicyclic) bond motifs is 3. The van der Waals surface area contributed by atoms with Gasteiger partial charge in [-0.25, -0.2) is 4.98 Å². The van der Waals surface area contributed by atoms with E-state index in [1.807, 2.05) is 42.5 Å². The van der Waals surface area contributed by atoms with Crippen LogP contribution in [0.2, 0.25) is 10.0 Å². The first-order valence-electron chi connectivity index (χ1n) is 6.31. The maximum Gasteiger partial charge on any atom is 0.227 e. The van der Waals surface area contributed by atoms with Crippen LogP contribution in [0.15, 0.2) is 53.1 Å². The van der Waals surface area contributed by atoms with Gasteiger partial charge in [0.15, 0.2) is 5.58 Å². The minimum atomic E-state index is 0.547. The second-order valence-corrected chi connectivity index (χ2v) is 5.54. The Bertz CT molecular complexity index is 961. The van der Waals surface area contributed by atoms with Crippen molar-refractivity contribution in [3.63, 3.8) is 0 Å². The molecule has 0 amide bonds. The monoisotopic (exact) mass is 314 g/mol. The summed E-state index contributed by atoms with van der Waals surface area (Å²) >= 11 is 11.9. The Balaban J connectivity index is 1.97. The lowest BCUT2D eigenvalue weighted by Gasteiger charge is -1.96. The second kappa shape index (κ2) is 4.72. The molecule has 3 nitrogen and oxygen atoms in total. The van der Waals surface area contributed by atoms with Gasteiger partial charge in [0.05, 0.1) is 10.5 Å². The van der Waals surface area contributed by atoms with E-state index in [4.69, 9.17) is 27.6 Å². The Labute approximate surface area is 130 Å². The van der Waals surface area contributed by atoms with E-state index in [1.54, 1.807) is 6.20 Å². The molecule has 2 heterocycles. The van der Waals surface area contributed by atoms with Gasteiger partial charge < -0.3 is 4.42 Å². The molecule has 2 aromatic heterocycles. The quantitative estimate of drug-likeness (QED) is 0.475. The molecule has 0 spiro atoms. The van der Waals surface area contributed by atoms with Crippen molar-refractivity contribution in [2.75, 3.05) is 0 Å². The number of benzene rings is 2. The normalized spacial score (nSPS) is 11.3. The van der Waals surface area contributed by atoms with Gasteiger partial charge in [0.2, 0.25) is 5.89 Å². The van der Waals surface area contributed by atoms with Crippen LogP contribution in [0.3, 0.4) is 0 Å². The molecule has 4 aromatic rings. The van der Waals surface area contributed by atoms with Gasteiger partial charge in [-0.2, -0.15) is 0 Å². The average molecular weight is 315 g/mol. The van der Waals surface area contributed by atoms with Crippen LogP contribution in [0, 0.1) is 0 Å². The van der Waals surface area contributed by atoms with Gasteiger partial charge in [-0.3, -0.25) is 4.98 Å². The molecule has 0 atom stereocenters. The van der Waals surface area contributed by atoms with Gasteiger partial charge >= 0.3 is 0 Å². The Morgan fingerprint density at radius 1 is 0.857 bits per heavy atom. The first kappa shape index (κ1) is 12.6. The van der Waals surface area contributed by atoms with E-state index in [9.17, 15) is 0 Å². The van der Waals surface area contributed by atoms with E-state index in [0.29, 0.717) is 21.5 Å². The standard InChI is InChI=1S/C16H8Cl2N2O/c17-11-4-1-9(2-5-11)16-20-15-13(21-16)6-3-10-7-12(18)8-19-14(10)15/h1-8H. The SMILES string of the molecule is Clc1ccc(-c2nc3c(ccc4cc(Cl)cnc43)o2)cc1. The highest BCUT2D eigenvalue weighted by Gasteiger charge is 2.12. The van der Waals surface area contributed by atoms with Crippen molar-refractivity contribution in [2.24, 2.45) is 0 Å². The zero-order chi connectivity index (χ0) is 14.4. The molecule has 0 unspecified atom stereocenters. The summed E-state index contributed by atoms with van der Waals surface area (Å²) in [5, 5.41) is 2.21. The van der Waals surface area contributed by atoms with Gasteiger partial charge in [0.25, 0.3) is 0 Å². The first-order chi connectivity index (χ1) is 10.2. The maximum absolute atomic E-state index is 5.97. The smallest absolute Gasteiger partial charge is 0.227 e. The number of aromatic nitrogens is 2. The molecular formula is C16H8Cl2N2O. The zero-order valence-corrected chi connectivity index (χ0v) is 12.2. The van der Waals surface area contributed by atoms with Crippen molar-refractivity contribution < 1.29 is 4.42 Å². The molecule has 21 heavy (non-hydrogen) atoms. The van der Waals surface area contributed by atoms with Crippen LogP contribution in [0.5, 0.6) is 0 Å². The van der Waals surface area contributed by atoms with E-state index in [2.05, 4.69) is 9.97 Å². The van der Waals surface area contributed by atoms with Crippen molar-refractivity contribution in [1.82, 2.24) is 9.97 Å². The molecule has 0 bridgehead atoms. The number of halogens is 2. The number of rotatable bonds is 1. The summed E-state index contributed by atoms with van der Waals surface area (Å²) in [5.41, 5.74) is 3.08. The molecule has 102 valence electrons. The van der Waals surface area contributed by atoms with Crippen molar-refractivity contribution in [3.8, 4) is 11.5 Å². The fourth-order valence-electron chi connectivity index (χ4n) is 2.28. The van der Waals surface area contributed by atoms with Gasteiger partial charge in [-0.15, -0.1) is 0 Å². The van der Waals surface area contributed by atoms with Crippen LogP contribution in [-0.2, 0) is 0 Å². The minimum absolute atomic E-state index is 0.547. The minimum Gasteiger partial charge on any atom is -0.436 e. The second-order valence-electron chi connectivity index (χ2n) is 4.66. The lowest BCUT2D eigenvalue weighted by molar-refractivity contribution is 0.620. The Hall–Kier alpha value is -2.10. The summed E-state index contributed by atoms with van der Waals surface area (Å²) in [4.78, 5) is 8.91. The zero-order valence-electron chi connectivity index (χ0n) is 10.7. The molecule has 2 aromatic carbocycles. The van der Waals surface area contributed by atoms with Crippen LogP contribution in [0.4, 0.5) is 0 Å². The Kier molecular flexibility index (Phi) is 2.84. The maximum atomic E-state index is 5.97. The van der Waals surface area contributed by atoms with Crippen molar-refractivity contribution in [3.05, 3.63) is 58.7 Å². The molecule has 4 rings (SSSR count). The molecule has 0 saturated carbocycles. The van der Waals surface area contributed by atoms with Gasteiger partial charge in [-0.1, -0.05) is 23.2 Å². The first-order valence-corrected chi connectivity index (χ1v) is 7.07. The molecule has 0 fully saturated rings. The molecular weight excluding hydrogens is 307 g/mol. The highest BCUT2D eigenvalue weighted by atomic mass is 35.5. The average Bonchev–Trinajstić information content (AvgIpc) is 2.92. The van der Waals surface area contributed by atoms with Crippen LogP contribution < -0.4 is 0 Å². The Morgan fingerprint density at radius 3 is 2.48 bits per heavy atom. The number of nitrogens with zero attached hydrogens (tertiary/aromatic N) is 2. The predicted octanol–water partition coefficient (Wildman–Crippen LogP) is 5.35. The number of hydrogen-bond acceptors (Lipinski definition) is 3. The highest BCUT2D eigenvalue weighted by molar-refractivity contribution is 6.31. The number of oxazole rings is 1. The van der Waals surface area contributed by atoms with Crippen molar-refractivity contribution in [1.29, 1.82) is 0 Å². The van der Waals surface area contributed by atoms with Crippen LogP contribution in [0.1, 0.15) is 0 Å². The van der Waals surface area contributed by atoms with E-state index in [-0.39, 0.29) is 0 Å². The van der Waals surface area contributed by atoms with Crippen molar-refractivity contribution >= 4 is 45.2 Å². The summed E-state index contributed by atoms with van der Waals surface area (Å²) in [6.45, 7) is 0. The van der Waals surface area contributed by atoms with Gasteiger partial charge in [-0.05, 0) is 42.5 Å². The molecule has 0 aliphatic rings. The highest BCUT2D eigenvalue weighted by Crippen LogP contribution is 2.30. The van der Waals surface area contributed by atoms with Crippen LogP contribution >= 0.6 is 23.2 Å². The molecule has 5 heteroatoms. The van der Waals surface area contributed by atoms with Crippen molar-refractivity contribution in [2.45, 2.75) is 0 Å². The largest absolute Gasteiger partial charge is 0.436 e. The third-order valence-electron chi connectivity index (χ3n) is 3.27. The topological polar surface area (TPSA) is 38.9 Å². The Morgan fingerprint density at radius 2 is 1.67 bits per heavy atom. The molecule has 0 radical (unpaired) electrons. The molecule has 0 aliphatic heterocycles. The lowest BCUT2D eigenvalue weighted by atomic mass is 10.2. The summed E-state index contributed by atoms with van der Waals surface area (Å²) in [6, 6.07) is 13.0. The van der Waals surface area contributed by atoms with Crippen LogP contribution in [0.25, 0.3) is 33.5 Å². The number of pyridine rings is 1. The van der Waals surface area contributed by atoms with Gasteiger partial charge in [0.1, 0.15) is 5.52 Å². The van der Waals surface area contributed by atoms with E-state index >= 15 is 0 Å². The lowest BCUT2D eigenvalue weighted by Crippen LogP contribution is -1.81. The molecule has 0 N–H and O–H groups in total. The van der Waals surface area contributed by atoms with Gasteiger partial charge in [0, 0.05) is 22.2 Å². The third kappa shape index (κ3) is 2.15. The number of hydrogen-bond donors (Lipinski definition) is 0. The van der Waals surface area contributed by atoms with E-state index < -0.39 is 0 Å². The predicted molar refractivity (Wildman–Crippen MR) is 84.8 cm³/mol. The fourth-order valence-corrected chi connectivity index (χ4v) is 2.57. The molecule has 0 aliphatic carbocycles. The molecule has 0 saturated heterocycles. The third-order valence-corrected chi connectivity index (χ3v) is 3.73. The fraction of sp³-hybridized carbons (Fsp3) is 0. The van der Waals surface area contributed by atoms with Crippen LogP contribution in [-0.4, -0.2) is 9.97 Å².